The van der Waals surface area contributed by atoms with Gasteiger partial charge in [-0.3, -0.25) is 9.69 Å². The van der Waals surface area contributed by atoms with Gasteiger partial charge in [-0.2, -0.15) is 15.0 Å². The summed E-state index contributed by atoms with van der Waals surface area (Å²) in [6, 6.07) is 5.25. The molecule has 1 atom stereocenters. The Labute approximate surface area is 116 Å². The second kappa shape index (κ2) is 5.18. The van der Waals surface area contributed by atoms with Gasteiger partial charge in [0.1, 0.15) is 17.1 Å². The summed E-state index contributed by atoms with van der Waals surface area (Å²) in [6.07, 6.45) is 0. The third-order valence-electron chi connectivity index (χ3n) is 3.45. The van der Waals surface area contributed by atoms with Gasteiger partial charge in [0, 0.05) is 19.3 Å². The van der Waals surface area contributed by atoms with Crippen LogP contribution in [0.1, 0.15) is 0 Å². The number of carbonyl (C=O) groups is 1. The van der Waals surface area contributed by atoms with Crippen LogP contribution in [0.3, 0.4) is 0 Å². The molecule has 0 unspecified atom stereocenters. The zero-order chi connectivity index (χ0) is 14.1. The Hall–Kier alpha value is -1.99. The first-order valence-corrected chi connectivity index (χ1v) is 6.53. The highest BCUT2D eigenvalue weighted by atomic mass is 16.5. The first-order chi connectivity index (χ1) is 9.63. The molecular formula is C13H17N5O2. The van der Waals surface area contributed by atoms with Crippen LogP contribution in [0.15, 0.2) is 18.2 Å². The smallest absolute Gasteiger partial charge is 0.244 e. The summed E-state index contributed by atoms with van der Waals surface area (Å²) in [7, 11) is 3.70. The van der Waals surface area contributed by atoms with Gasteiger partial charge in [0.05, 0.1) is 13.2 Å². The van der Waals surface area contributed by atoms with E-state index in [-0.39, 0.29) is 11.9 Å². The van der Waals surface area contributed by atoms with E-state index in [0.717, 1.165) is 23.3 Å². The van der Waals surface area contributed by atoms with Crippen LogP contribution in [0.2, 0.25) is 0 Å². The van der Waals surface area contributed by atoms with Crippen molar-refractivity contribution in [3.63, 3.8) is 0 Å². The molecule has 3 rings (SSSR count). The largest absolute Gasteiger partial charge is 0.378 e. The lowest BCUT2D eigenvalue weighted by Gasteiger charge is -2.31. The molecule has 0 aliphatic carbocycles. The molecule has 7 nitrogen and oxygen atoms in total. The van der Waals surface area contributed by atoms with Crippen molar-refractivity contribution in [2.75, 3.05) is 32.1 Å². The number of benzene rings is 1. The van der Waals surface area contributed by atoms with E-state index >= 15 is 0 Å². The minimum absolute atomic E-state index is 0.0598. The Morgan fingerprint density at radius 3 is 2.95 bits per heavy atom. The third-order valence-corrected chi connectivity index (χ3v) is 3.45. The molecule has 106 valence electrons. The maximum Gasteiger partial charge on any atom is 0.244 e. The van der Waals surface area contributed by atoms with Crippen molar-refractivity contribution in [2.45, 2.75) is 6.04 Å². The zero-order valence-electron chi connectivity index (χ0n) is 11.5. The van der Waals surface area contributed by atoms with E-state index in [4.69, 9.17) is 4.74 Å². The summed E-state index contributed by atoms with van der Waals surface area (Å²) in [4.78, 5) is 15.8. The van der Waals surface area contributed by atoms with Crippen molar-refractivity contribution < 1.29 is 9.53 Å². The number of nitrogens with zero attached hydrogens (tertiary/aromatic N) is 4. The van der Waals surface area contributed by atoms with Gasteiger partial charge in [0.25, 0.3) is 0 Å². The number of morpholine rings is 1. The molecule has 0 bridgehead atoms. The lowest BCUT2D eigenvalue weighted by molar-refractivity contribution is -0.126. The summed E-state index contributed by atoms with van der Waals surface area (Å²) >= 11 is 0. The molecule has 1 saturated heterocycles. The monoisotopic (exact) mass is 275 g/mol. The fourth-order valence-corrected chi connectivity index (χ4v) is 2.29. The molecule has 20 heavy (non-hydrogen) atoms. The van der Waals surface area contributed by atoms with Crippen LogP contribution in [0, 0.1) is 0 Å². The van der Waals surface area contributed by atoms with Crippen molar-refractivity contribution >= 4 is 22.6 Å². The van der Waals surface area contributed by atoms with Crippen LogP contribution in [-0.2, 0) is 16.6 Å². The molecule has 1 aliphatic heterocycles. The summed E-state index contributed by atoms with van der Waals surface area (Å²) in [6.45, 7) is 1.86. The Bertz CT molecular complexity index is 639. The van der Waals surface area contributed by atoms with Crippen molar-refractivity contribution in [3.05, 3.63) is 18.2 Å². The van der Waals surface area contributed by atoms with Crippen LogP contribution < -0.4 is 5.32 Å². The molecule has 1 amide bonds. The van der Waals surface area contributed by atoms with Gasteiger partial charge < -0.3 is 10.1 Å². The van der Waals surface area contributed by atoms with E-state index in [1.54, 1.807) is 7.05 Å². The fraction of sp³-hybridized carbons (Fsp3) is 0.462. The van der Waals surface area contributed by atoms with Gasteiger partial charge in [-0.25, -0.2) is 0 Å². The lowest BCUT2D eigenvalue weighted by Crippen LogP contribution is -2.49. The van der Waals surface area contributed by atoms with Gasteiger partial charge in [0.2, 0.25) is 5.91 Å². The number of ether oxygens (including phenoxy) is 1. The molecule has 1 aromatic carbocycles. The Balaban J connectivity index is 1.76. The Morgan fingerprint density at radius 2 is 2.15 bits per heavy atom. The Kier molecular flexibility index (Phi) is 3.37. The summed E-state index contributed by atoms with van der Waals surface area (Å²) in [5.41, 5.74) is 2.30. The van der Waals surface area contributed by atoms with Crippen LogP contribution in [0.25, 0.3) is 11.0 Å². The summed E-state index contributed by atoms with van der Waals surface area (Å²) in [5, 5.41) is 11.3. The number of aromatic nitrogens is 3. The normalized spacial score (nSPS) is 20.2. The van der Waals surface area contributed by atoms with E-state index in [2.05, 4.69) is 15.5 Å². The van der Waals surface area contributed by atoms with Gasteiger partial charge in [-0.05, 0) is 25.2 Å². The first-order valence-electron chi connectivity index (χ1n) is 6.53. The number of rotatable bonds is 2. The van der Waals surface area contributed by atoms with Crippen molar-refractivity contribution in [1.29, 1.82) is 0 Å². The van der Waals surface area contributed by atoms with E-state index in [1.807, 2.05) is 30.1 Å². The number of aryl methyl sites for hydroxylation is 1. The second-order valence-electron chi connectivity index (χ2n) is 4.95. The van der Waals surface area contributed by atoms with Gasteiger partial charge in [-0.15, -0.1) is 0 Å². The topological polar surface area (TPSA) is 72.3 Å². The average Bonchev–Trinajstić information content (AvgIpc) is 2.78. The van der Waals surface area contributed by atoms with E-state index in [0.29, 0.717) is 13.2 Å². The maximum absolute atomic E-state index is 12.2. The predicted octanol–water partition coefficient (Wildman–Crippen LogP) is 0.237. The minimum atomic E-state index is -0.249. The number of hydrogen-bond acceptors (Lipinski definition) is 5. The van der Waals surface area contributed by atoms with Crippen LogP contribution in [-0.4, -0.2) is 58.6 Å². The van der Waals surface area contributed by atoms with Gasteiger partial charge in [0.15, 0.2) is 0 Å². The van der Waals surface area contributed by atoms with Crippen molar-refractivity contribution in [3.8, 4) is 0 Å². The molecule has 7 heteroatoms. The zero-order valence-corrected chi connectivity index (χ0v) is 11.5. The molecule has 1 aliphatic rings. The number of carbonyl (C=O) groups excluding carboxylic acids is 1. The van der Waals surface area contributed by atoms with Crippen LogP contribution in [0.5, 0.6) is 0 Å². The number of amides is 1. The SMILES string of the molecule is CN1CCOC[C@H]1C(=O)Nc1ccc2nn(C)nc2c1. The number of hydrogen-bond donors (Lipinski definition) is 1. The van der Waals surface area contributed by atoms with Gasteiger partial charge in [-0.1, -0.05) is 0 Å². The van der Waals surface area contributed by atoms with E-state index in [1.165, 1.54) is 4.80 Å². The molecular weight excluding hydrogens is 258 g/mol. The number of nitrogens with one attached hydrogen (secondary N) is 1. The second-order valence-corrected chi connectivity index (χ2v) is 4.95. The summed E-state index contributed by atoms with van der Waals surface area (Å²) < 4.78 is 5.36. The predicted molar refractivity (Wildman–Crippen MR) is 74.4 cm³/mol. The molecule has 1 N–H and O–H groups in total. The molecule has 2 heterocycles. The highest BCUT2D eigenvalue weighted by molar-refractivity contribution is 5.96. The summed E-state index contributed by atoms with van der Waals surface area (Å²) in [5.74, 6) is -0.0598. The minimum Gasteiger partial charge on any atom is -0.378 e. The van der Waals surface area contributed by atoms with E-state index < -0.39 is 0 Å². The standard InChI is InChI=1S/C13H17N5O2/c1-17-5-6-20-8-12(17)13(19)14-9-3-4-10-11(7-9)16-18(2)15-10/h3-4,7,12H,5-6,8H2,1-2H3,(H,14,19)/t12-/m0/s1. The highest BCUT2D eigenvalue weighted by Crippen LogP contribution is 2.16. The molecule has 0 radical (unpaired) electrons. The Morgan fingerprint density at radius 1 is 1.35 bits per heavy atom. The van der Waals surface area contributed by atoms with Gasteiger partial charge >= 0.3 is 0 Å². The van der Waals surface area contributed by atoms with Crippen molar-refractivity contribution in [2.24, 2.45) is 7.05 Å². The number of anilines is 1. The fourth-order valence-electron chi connectivity index (χ4n) is 2.29. The van der Waals surface area contributed by atoms with Crippen LogP contribution >= 0.6 is 0 Å². The maximum atomic E-state index is 12.2. The quantitative estimate of drug-likeness (QED) is 0.850. The molecule has 2 aromatic rings. The third kappa shape index (κ3) is 2.50. The molecule has 0 saturated carbocycles. The van der Waals surface area contributed by atoms with E-state index in [9.17, 15) is 4.79 Å². The number of likely N-dealkylation sites (N-methyl/N-ethyl adjacent to an activating group) is 1. The van der Waals surface area contributed by atoms with Crippen LogP contribution in [0.4, 0.5) is 5.69 Å². The molecule has 1 fully saturated rings. The molecule has 1 aromatic heterocycles. The number of fused-ring (bicyclic) bond motifs is 1. The first kappa shape index (κ1) is 13.0. The lowest BCUT2D eigenvalue weighted by atomic mass is 10.2. The average molecular weight is 275 g/mol. The molecule has 0 spiro atoms. The van der Waals surface area contributed by atoms with Crippen molar-refractivity contribution in [1.82, 2.24) is 19.9 Å². The highest BCUT2D eigenvalue weighted by Gasteiger charge is 2.26.